The molecule has 6 rings (SSSR count). The molecule has 0 saturated carbocycles. The van der Waals surface area contributed by atoms with Crippen molar-refractivity contribution in [1.29, 1.82) is 0 Å². The predicted molar refractivity (Wildman–Crippen MR) is 183 cm³/mol. The van der Waals surface area contributed by atoms with E-state index >= 15 is 0 Å². The molecule has 4 heterocycles. The first-order valence-corrected chi connectivity index (χ1v) is 16.8. The fraction of sp³-hybridized carbons (Fsp3) is 0.152. The molecule has 2 N–H and O–H groups in total. The summed E-state index contributed by atoms with van der Waals surface area (Å²) >= 11 is 0. The van der Waals surface area contributed by atoms with Gasteiger partial charge in [0.1, 0.15) is 25.5 Å². The van der Waals surface area contributed by atoms with E-state index in [0.717, 1.165) is 5.56 Å². The molecule has 0 amide bonds. The van der Waals surface area contributed by atoms with Gasteiger partial charge in [0.25, 0.3) is 15.9 Å². The minimum absolute atomic E-state index is 0.00835. The van der Waals surface area contributed by atoms with Crippen molar-refractivity contribution in [3.05, 3.63) is 107 Å². The van der Waals surface area contributed by atoms with Crippen molar-refractivity contribution >= 4 is 21.8 Å². The number of nitroso groups, excluding NO2 is 1. The Hall–Kier alpha value is -6.89. The van der Waals surface area contributed by atoms with Gasteiger partial charge in [0.05, 0.1) is 12.7 Å². The number of aromatic nitrogens is 8. The van der Waals surface area contributed by atoms with Gasteiger partial charge in [-0.3, -0.25) is 9.71 Å². The van der Waals surface area contributed by atoms with Crippen LogP contribution in [0.1, 0.15) is 21.5 Å². The highest BCUT2D eigenvalue weighted by atomic mass is 32.2. The van der Waals surface area contributed by atoms with Gasteiger partial charge >= 0.3 is 5.97 Å². The average Bonchev–Trinajstić information content (AvgIpc) is 3.71. The molecule has 0 fully saturated rings. The number of rotatable bonds is 15. The number of carbonyl (C=O) groups is 1. The Balaban J connectivity index is 1.38. The molecule has 0 aliphatic heterocycles. The van der Waals surface area contributed by atoms with Crippen LogP contribution in [0.4, 0.5) is 5.82 Å². The molecule has 0 aliphatic carbocycles. The summed E-state index contributed by atoms with van der Waals surface area (Å²) in [6.45, 7) is 1.26. The summed E-state index contributed by atoms with van der Waals surface area (Å²) in [6.07, 6.45) is 2.88. The Labute approximate surface area is 295 Å². The maximum absolute atomic E-state index is 13.7. The van der Waals surface area contributed by atoms with Crippen LogP contribution in [-0.4, -0.2) is 75.3 Å². The highest BCUT2D eigenvalue weighted by Gasteiger charge is 2.26. The van der Waals surface area contributed by atoms with Gasteiger partial charge in [-0.15, -0.1) is 10.2 Å². The molecule has 0 saturated heterocycles. The van der Waals surface area contributed by atoms with Crippen molar-refractivity contribution in [3.8, 4) is 46.0 Å². The highest BCUT2D eigenvalue weighted by molar-refractivity contribution is 7.92. The fourth-order valence-corrected chi connectivity index (χ4v) is 5.50. The highest BCUT2D eigenvalue weighted by Crippen LogP contribution is 2.41. The van der Waals surface area contributed by atoms with Gasteiger partial charge in [0.15, 0.2) is 28.2 Å². The van der Waals surface area contributed by atoms with E-state index in [2.05, 4.69) is 50.5 Å². The summed E-state index contributed by atoms with van der Waals surface area (Å²) in [5.74, 6) is -0.728. The number of esters is 1. The number of ether oxygens (including phenoxy) is 4. The van der Waals surface area contributed by atoms with Crippen LogP contribution in [0.3, 0.4) is 0 Å². The van der Waals surface area contributed by atoms with Crippen molar-refractivity contribution in [2.45, 2.75) is 18.5 Å². The normalized spacial score (nSPS) is 11.0. The summed E-state index contributed by atoms with van der Waals surface area (Å²) in [6, 6.07) is 19.0. The number of methoxy groups -OCH3 is 1. The van der Waals surface area contributed by atoms with Crippen molar-refractivity contribution in [3.63, 3.8) is 0 Å². The van der Waals surface area contributed by atoms with E-state index in [1.165, 1.54) is 37.7 Å². The molecular formula is C33H28N10O8S. The standard InChI is InChI=1S/C33H28N10O8S/c1-20-7-12-27(35-18-20)52(46,47)41-31-28(51-26-6-4-3-5-25(26)48-2)32(49-15-16-50-33(44)22-10-8-21(9-11-22)19-36-45)38-29(37-31)23-13-14-34-24(17-23)30-39-42-43-40-30/h3-14,17-18H,15-16,19H2,1-2H3,(H,37,38,41)(H,39,40,42,43). The van der Waals surface area contributed by atoms with E-state index in [1.807, 2.05) is 0 Å². The van der Waals surface area contributed by atoms with Gasteiger partial charge in [-0.2, -0.15) is 23.5 Å². The number of H-pyrrole nitrogens is 1. The Morgan fingerprint density at radius 3 is 2.46 bits per heavy atom. The monoisotopic (exact) mass is 724 g/mol. The number of aromatic amines is 1. The van der Waals surface area contributed by atoms with Crippen LogP contribution in [0.15, 0.2) is 95.4 Å². The van der Waals surface area contributed by atoms with Gasteiger partial charge in [-0.1, -0.05) is 35.5 Å². The first kappa shape index (κ1) is 35.0. The van der Waals surface area contributed by atoms with Crippen LogP contribution in [0.5, 0.6) is 23.1 Å². The molecule has 0 atom stereocenters. The Morgan fingerprint density at radius 1 is 0.942 bits per heavy atom. The summed E-state index contributed by atoms with van der Waals surface area (Å²) < 4.78 is 52.9. The topological polar surface area (TPSA) is 236 Å². The minimum Gasteiger partial charge on any atom is -0.493 e. The van der Waals surface area contributed by atoms with E-state index in [1.54, 1.807) is 61.5 Å². The predicted octanol–water partition coefficient (Wildman–Crippen LogP) is 4.53. The van der Waals surface area contributed by atoms with E-state index < -0.39 is 16.0 Å². The molecule has 264 valence electrons. The molecule has 52 heavy (non-hydrogen) atoms. The third-order valence-electron chi connectivity index (χ3n) is 7.09. The first-order chi connectivity index (χ1) is 25.2. The second-order valence-corrected chi connectivity index (χ2v) is 12.3. The number of pyridine rings is 2. The molecule has 0 aliphatic rings. The maximum atomic E-state index is 13.7. The van der Waals surface area contributed by atoms with Crippen molar-refractivity contribution in [2.24, 2.45) is 5.18 Å². The minimum atomic E-state index is -4.35. The van der Waals surface area contributed by atoms with Crippen LogP contribution in [-0.2, 0) is 21.3 Å². The average molecular weight is 725 g/mol. The molecule has 0 spiro atoms. The lowest BCUT2D eigenvalue weighted by Crippen LogP contribution is -2.18. The number of benzene rings is 2. The van der Waals surface area contributed by atoms with Crippen molar-refractivity contribution in [2.75, 3.05) is 25.0 Å². The number of para-hydroxylation sites is 2. The molecular weight excluding hydrogens is 696 g/mol. The largest absolute Gasteiger partial charge is 0.493 e. The van der Waals surface area contributed by atoms with E-state index in [-0.39, 0.29) is 65.2 Å². The third-order valence-corrected chi connectivity index (χ3v) is 8.35. The number of nitrogens with one attached hydrogen (secondary N) is 2. The van der Waals surface area contributed by atoms with Gasteiger partial charge in [0.2, 0.25) is 11.6 Å². The molecule has 19 heteroatoms. The van der Waals surface area contributed by atoms with E-state index in [0.29, 0.717) is 22.6 Å². The number of hydrogen-bond donors (Lipinski definition) is 2. The fourth-order valence-electron chi connectivity index (χ4n) is 4.56. The summed E-state index contributed by atoms with van der Waals surface area (Å²) in [7, 11) is -2.91. The van der Waals surface area contributed by atoms with Crippen LogP contribution in [0.2, 0.25) is 0 Å². The van der Waals surface area contributed by atoms with Crippen LogP contribution < -0.4 is 18.9 Å². The molecule has 6 aromatic rings. The summed E-state index contributed by atoms with van der Waals surface area (Å²) in [5.41, 5.74) is 2.33. The molecule has 0 bridgehead atoms. The van der Waals surface area contributed by atoms with Gasteiger partial charge in [-0.05, 0) is 65.7 Å². The summed E-state index contributed by atoms with van der Waals surface area (Å²) in [4.78, 5) is 40.7. The first-order valence-electron chi connectivity index (χ1n) is 15.3. The molecule has 18 nitrogen and oxygen atoms in total. The number of sulfonamides is 1. The number of carbonyl (C=O) groups excluding carboxylic acids is 1. The Morgan fingerprint density at radius 2 is 1.75 bits per heavy atom. The smallest absolute Gasteiger partial charge is 0.338 e. The van der Waals surface area contributed by atoms with Crippen molar-refractivity contribution in [1.82, 2.24) is 40.6 Å². The van der Waals surface area contributed by atoms with Crippen LogP contribution in [0, 0.1) is 11.8 Å². The lowest BCUT2D eigenvalue weighted by atomic mass is 10.1. The number of aryl methyl sites for hydroxylation is 1. The number of anilines is 1. The van der Waals surface area contributed by atoms with Gasteiger partial charge in [-0.25, -0.2) is 14.8 Å². The lowest BCUT2D eigenvalue weighted by molar-refractivity contribution is 0.0446. The van der Waals surface area contributed by atoms with Crippen LogP contribution >= 0.6 is 0 Å². The second kappa shape index (κ2) is 15.8. The zero-order chi connectivity index (χ0) is 36.5. The number of hydrogen-bond acceptors (Lipinski definition) is 16. The SMILES string of the molecule is COc1ccccc1Oc1c(NS(=O)(=O)c2ccc(C)cn2)nc(-c2ccnc(-c3nn[nH]n3)c2)nc1OCCOC(=O)c1ccc(CN=O)cc1. The van der Waals surface area contributed by atoms with Crippen LogP contribution in [0.25, 0.3) is 22.9 Å². The number of nitrogens with zero attached hydrogens (tertiary/aromatic N) is 8. The van der Waals surface area contributed by atoms with Gasteiger partial charge in [0, 0.05) is 18.0 Å². The van der Waals surface area contributed by atoms with Gasteiger partial charge < -0.3 is 18.9 Å². The Kier molecular flexibility index (Phi) is 10.6. The Bertz CT molecular complexity index is 2290. The van der Waals surface area contributed by atoms with E-state index in [9.17, 15) is 18.1 Å². The second-order valence-electron chi connectivity index (χ2n) is 10.7. The lowest BCUT2D eigenvalue weighted by Gasteiger charge is -2.18. The molecule has 4 aromatic heterocycles. The zero-order valence-corrected chi connectivity index (χ0v) is 28.3. The molecule has 0 radical (unpaired) electrons. The third kappa shape index (κ3) is 8.28. The quantitative estimate of drug-likeness (QED) is 0.0841. The maximum Gasteiger partial charge on any atom is 0.338 e. The summed E-state index contributed by atoms with van der Waals surface area (Å²) in [5, 5.41) is 16.4. The zero-order valence-electron chi connectivity index (χ0n) is 27.5. The number of tetrazole rings is 1. The van der Waals surface area contributed by atoms with Crippen molar-refractivity contribution < 1.29 is 32.2 Å². The molecule has 0 unspecified atom stereocenters. The van der Waals surface area contributed by atoms with E-state index in [4.69, 9.17) is 18.9 Å². The molecule has 2 aromatic carbocycles.